The molecular formula is C24H24N4O2S. The topological polar surface area (TPSA) is 69.0 Å². The Morgan fingerprint density at radius 2 is 1.97 bits per heavy atom. The van der Waals surface area contributed by atoms with Gasteiger partial charge in [-0.25, -0.2) is 9.67 Å². The second kappa shape index (κ2) is 9.57. The second-order valence-electron chi connectivity index (χ2n) is 7.31. The van der Waals surface area contributed by atoms with Gasteiger partial charge in [-0.2, -0.15) is 5.10 Å². The highest BCUT2D eigenvalue weighted by Gasteiger charge is 2.08. The standard InChI is InChI=1S/C24H24N4O2S/c1-17-12-18(2)28(27-17)22-8-6-19(7-9-22)10-11-25-24(29)20-4-3-5-23(13-20)30-14-21-15-31-16-26-21/h3-9,12-13,15-16H,10-11,14H2,1-2H3,(H,25,29). The van der Waals surface area contributed by atoms with Crippen molar-refractivity contribution in [2.75, 3.05) is 6.54 Å². The maximum absolute atomic E-state index is 12.5. The van der Waals surface area contributed by atoms with E-state index in [0.717, 1.165) is 34.8 Å². The van der Waals surface area contributed by atoms with Crippen LogP contribution >= 0.6 is 11.3 Å². The predicted octanol–water partition coefficient (Wildman–Crippen LogP) is 4.50. The van der Waals surface area contributed by atoms with Gasteiger partial charge in [0.25, 0.3) is 5.91 Å². The SMILES string of the molecule is Cc1cc(C)n(-c2ccc(CCNC(=O)c3cccc(OCc4cscn4)c3)cc2)n1. The zero-order valence-corrected chi connectivity index (χ0v) is 18.4. The zero-order chi connectivity index (χ0) is 21.6. The van der Waals surface area contributed by atoms with E-state index in [1.165, 1.54) is 11.3 Å². The van der Waals surface area contributed by atoms with Crippen LogP contribution in [-0.4, -0.2) is 27.2 Å². The number of nitrogens with zero attached hydrogens (tertiary/aromatic N) is 3. The monoisotopic (exact) mass is 432 g/mol. The van der Waals surface area contributed by atoms with E-state index >= 15 is 0 Å². The lowest BCUT2D eigenvalue weighted by Gasteiger charge is -2.09. The molecule has 0 bridgehead atoms. The lowest BCUT2D eigenvalue weighted by molar-refractivity contribution is 0.0953. The number of benzene rings is 2. The number of aryl methyl sites for hydroxylation is 2. The number of carbonyl (C=O) groups is 1. The summed E-state index contributed by atoms with van der Waals surface area (Å²) in [5.74, 6) is 0.541. The second-order valence-corrected chi connectivity index (χ2v) is 8.03. The third-order valence-corrected chi connectivity index (χ3v) is 5.49. The minimum Gasteiger partial charge on any atom is -0.487 e. The van der Waals surface area contributed by atoms with Crippen molar-refractivity contribution in [2.24, 2.45) is 0 Å². The van der Waals surface area contributed by atoms with Crippen LogP contribution in [0.1, 0.15) is 33.0 Å². The zero-order valence-electron chi connectivity index (χ0n) is 17.5. The summed E-state index contributed by atoms with van der Waals surface area (Å²) in [5, 5.41) is 9.44. The van der Waals surface area contributed by atoms with E-state index in [9.17, 15) is 4.79 Å². The third-order valence-electron chi connectivity index (χ3n) is 4.86. The molecule has 0 aliphatic carbocycles. The van der Waals surface area contributed by atoms with Gasteiger partial charge in [0.05, 0.1) is 22.6 Å². The summed E-state index contributed by atoms with van der Waals surface area (Å²) < 4.78 is 7.66. The van der Waals surface area contributed by atoms with E-state index in [2.05, 4.69) is 45.7 Å². The van der Waals surface area contributed by atoms with Crippen molar-refractivity contribution in [1.82, 2.24) is 20.1 Å². The molecule has 158 valence electrons. The smallest absolute Gasteiger partial charge is 0.251 e. The summed E-state index contributed by atoms with van der Waals surface area (Å²) >= 11 is 1.53. The van der Waals surface area contributed by atoms with Crippen molar-refractivity contribution in [3.05, 3.63) is 93.7 Å². The summed E-state index contributed by atoms with van der Waals surface area (Å²) in [6.45, 7) is 4.98. The summed E-state index contributed by atoms with van der Waals surface area (Å²) in [7, 11) is 0. The number of hydrogen-bond acceptors (Lipinski definition) is 5. The highest BCUT2D eigenvalue weighted by Crippen LogP contribution is 2.16. The van der Waals surface area contributed by atoms with Gasteiger partial charge < -0.3 is 10.1 Å². The summed E-state index contributed by atoms with van der Waals surface area (Å²) in [4.78, 5) is 16.7. The normalized spacial score (nSPS) is 10.8. The van der Waals surface area contributed by atoms with Crippen LogP contribution in [0.25, 0.3) is 5.69 Å². The lowest BCUT2D eigenvalue weighted by Crippen LogP contribution is -2.25. The van der Waals surface area contributed by atoms with Crippen molar-refractivity contribution >= 4 is 17.2 Å². The number of aromatic nitrogens is 3. The molecule has 4 aromatic rings. The van der Waals surface area contributed by atoms with Gasteiger partial charge in [0, 0.05) is 23.2 Å². The highest BCUT2D eigenvalue weighted by atomic mass is 32.1. The van der Waals surface area contributed by atoms with E-state index in [0.29, 0.717) is 24.5 Å². The first kappa shape index (κ1) is 20.8. The molecule has 0 aliphatic rings. The van der Waals surface area contributed by atoms with E-state index in [4.69, 9.17) is 4.74 Å². The molecule has 0 unspecified atom stereocenters. The Labute approximate surface area is 185 Å². The molecule has 6 nitrogen and oxygen atoms in total. The molecule has 0 aliphatic heterocycles. The minimum atomic E-state index is -0.113. The van der Waals surface area contributed by atoms with Crippen LogP contribution in [-0.2, 0) is 13.0 Å². The maximum atomic E-state index is 12.5. The Morgan fingerprint density at radius 1 is 1.13 bits per heavy atom. The largest absolute Gasteiger partial charge is 0.487 e. The van der Waals surface area contributed by atoms with Crippen LogP contribution in [0.5, 0.6) is 5.75 Å². The van der Waals surface area contributed by atoms with Gasteiger partial charge in [-0.3, -0.25) is 4.79 Å². The number of rotatable bonds is 8. The van der Waals surface area contributed by atoms with E-state index in [1.54, 1.807) is 17.6 Å². The number of thiazole rings is 1. The molecule has 0 spiro atoms. The minimum absolute atomic E-state index is 0.113. The average molecular weight is 433 g/mol. The van der Waals surface area contributed by atoms with Crippen molar-refractivity contribution < 1.29 is 9.53 Å². The fraction of sp³-hybridized carbons (Fsp3) is 0.208. The third kappa shape index (κ3) is 5.38. The van der Waals surface area contributed by atoms with Crippen LogP contribution in [0.2, 0.25) is 0 Å². The molecule has 0 saturated heterocycles. The van der Waals surface area contributed by atoms with Crippen LogP contribution in [0.15, 0.2) is 65.5 Å². The molecule has 31 heavy (non-hydrogen) atoms. The molecule has 0 radical (unpaired) electrons. The molecule has 0 saturated carbocycles. The Bertz CT molecular complexity index is 1150. The van der Waals surface area contributed by atoms with Gasteiger partial charge in [-0.15, -0.1) is 11.3 Å². The Balaban J connectivity index is 1.29. The Hall–Kier alpha value is -3.45. The number of amides is 1. The van der Waals surface area contributed by atoms with Gasteiger partial charge in [0.1, 0.15) is 12.4 Å². The molecule has 7 heteroatoms. The van der Waals surface area contributed by atoms with E-state index in [1.807, 2.05) is 36.0 Å². The maximum Gasteiger partial charge on any atom is 0.251 e. The predicted molar refractivity (Wildman–Crippen MR) is 122 cm³/mol. The van der Waals surface area contributed by atoms with Crippen LogP contribution in [0.4, 0.5) is 0 Å². The number of carbonyl (C=O) groups excluding carboxylic acids is 1. The summed E-state index contributed by atoms with van der Waals surface area (Å²) in [5.41, 5.74) is 7.53. The van der Waals surface area contributed by atoms with Crippen LogP contribution in [0, 0.1) is 13.8 Å². The number of nitrogens with one attached hydrogen (secondary N) is 1. The van der Waals surface area contributed by atoms with Gasteiger partial charge in [-0.05, 0) is 62.2 Å². The molecule has 0 fully saturated rings. The Kier molecular flexibility index (Phi) is 6.43. The van der Waals surface area contributed by atoms with E-state index in [-0.39, 0.29) is 5.91 Å². The summed E-state index contributed by atoms with van der Waals surface area (Å²) in [6.07, 6.45) is 0.753. The van der Waals surface area contributed by atoms with Crippen molar-refractivity contribution in [1.29, 1.82) is 0 Å². The molecule has 0 atom stereocenters. The fourth-order valence-electron chi connectivity index (χ4n) is 3.31. The van der Waals surface area contributed by atoms with Crippen molar-refractivity contribution in [3.8, 4) is 11.4 Å². The molecular weight excluding hydrogens is 408 g/mol. The number of hydrogen-bond donors (Lipinski definition) is 1. The highest BCUT2D eigenvalue weighted by molar-refractivity contribution is 7.07. The average Bonchev–Trinajstić information content (AvgIpc) is 3.42. The fourth-order valence-corrected chi connectivity index (χ4v) is 3.85. The van der Waals surface area contributed by atoms with Gasteiger partial charge >= 0.3 is 0 Å². The molecule has 2 heterocycles. The Morgan fingerprint density at radius 3 is 2.68 bits per heavy atom. The lowest BCUT2D eigenvalue weighted by atomic mass is 10.1. The van der Waals surface area contributed by atoms with Gasteiger partial charge in [-0.1, -0.05) is 18.2 Å². The molecule has 1 amide bonds. The molecule has 2 aromatic carbocycles. The van der Waals surface area contributed by atoms with Crippen molar-refractivity contribution in [2.45, 2.75) is 26.9 Å². The first-order valence-electron chi connectivity index (χ1n) is 10.1. The number of ether oxygens (including phenoxy) is 1. The molecule has 1 N–H and O–H groups in total. The first-order chi connectivity index (χ1) is 15.1. The van der Waals surface area contributed by atoms with Crippen LogP contribution < -0.4 is 10.1 Å². The quantitative estimate of drug-likeness (QED) is 0.445. The summed E-state index contributed by atoms with van der Waals surface area (Å²) in [6, 6.07) is 17.5. The van der Waals surface area contributed by atoms with E-state index < -0.39 is 0 Å². The molecule has 4 rings (SSSR count). The first-order valence-corrected chi connectivity index (χ1v) is 11.0. The van der Waals surface area contributed by atoms with Crippen molar-refractivity contribution in [3.63, 3.8) is 0 Å². The van der Waals surface area contributed by atoms with Gasteiger partial charge in [0.2, 0.25) is 0 Å². The van der Waals surface area contributed by atoms with Crippen LogP contribution in [0.3, 0.4) is 0 Å². The molecule has 2 aromatic heterocycles. The van der Waals surface area contributed by atoms with Gasteiger partial charge in [0.15, 0.2) is 0 Å².